The van der Waals surface area contributed by atoms with Gasteiger partial charge in [-0.3, -0.25) is 0 Å². The topological polar surface area (TPSA) is 12.0 Å². The zero-order valence-corrected chi connectivity index (χ0v) is 10.3. The molecule has 0 bridgehead atoms. The number of hydrogen-bond acceptors (Lipinski definition) is 2. The minimum Gasteiger partial charge on any atom is -0.310 e. The fraction of sp³-hybridized carbons (Fsp3) is 0.636. The maximum Gasteiger partial charge on any atom is 0.0592 e. The van der Waals surface area contributed by atoms with Gasteiger partial charge in [0.1, 0.15) is 0 Å². The van der Waals surface area contributed by atoms with Crippen molar-refractivity contribution in [3.05, 3.63) is 20.3 Å². The molecule has 0 radical (unpaired) electrons. The average Bonchev–Trinajstić information content (AvgIpc) is 2.43. The van der Waals surface area contributed by atoms with Crippen LogP contribution in [-0.2, 0) is 0 Å². The van der Waals surface area contributed by atoms with Gasteiger partial charge in [0.2, 0.25) is 0 Å². The van der Waals surface area contributed by atoms with E-state index in [1.165, 1.54) is 34.6 Å². The van der Waals surface area contributed by atoms with Gasteiger partial charge in [-0.05, 0) is 33.2 Å². The summed E-state index contributed by atoms with van der Waals surface area (Å²) >= 11 is 8.14. The highest BCUT2D eigenvalue weighted by atomic mass is 35.5. The van der Waals surface area contributed by atoms with Gasteiger partial charge in [0.15, 0.2) is 0 Å². The number of thiophene rings is 1. The summed E-state index contributed by atoms with van der Waals surface area (Å²) in [5.74, 6) is 0. The summed E-state index contributed by atoms with van der Waals surface area (Å²) in [5.41, 5.74) is 1.36. The second-order valence-corrected chi connectivity index (χ2v) is 5.75. The molecule has 14 heavy (non-hydrogen) atoms. The van der Waals surface area contributed by atoms with E-state index in [-0.39, 0.29) is 0 Å². The Hall–Kier alpha value is -0.0500. The van der Waals surface area contributed by atoms with Crippen LogP contribution in [0.25, 0.3) is 0 Å². The fourth-order valence-corrected chi connectivity index (χ4v) is 3.63. The molecule has 1 nitrogen and oxygen atoms in total. The van der Waals surface area contributed by atoms with E-state index >= 15 is 0 Å². The van der Waals surface area contributed by atoms with Crippen LogP contribution in [0.3, 0.4) is 0 Å². The van der Waals surface area contributed by atoms with Gasteiger partial charge >= 0.3 is 0 Å². The standard InChI is InChI=1S/C11H16ClNS/c1-7-10(11(12)8(2)14-7)9-5-3-4-6-13-9/h9,13H,3-6H2,1-2H3. The molecule has 0 spiro atoms. The highest BCUT2D eigenvalue weighted by Gasteiger charge is 2.21. The van der Waals surface area contributed by atoms with Crippen molar-refractivity contribution in [3.8, 4) is 0 Å². The van der Waals surface area contributed by atoms with Crippen molar-refractivity contribution in [1.29, 1.82) is 0 Å². The summed E-state index contributed by atoms with van der Waals surface area (Å²) in [6.07, 6.45) is 3.86. The average molecular weight is 230 g/mol. The second kappa shape index (κ2) is 4.21. The Bertz CT molecular complexity index is 326. The molecule has 0 amide bonds. The SMILES string of the molecule is Cc1sc(C)c(C2CCCCN2)c1Cl. The van der Waals surface area contributed by atoms with Crippen LogP contribution in [0.5, 0.6) is 0 Å². The molecule has 1 N–H and O–H groups in total. The van der Waals surface area contributed by atoms with E-state index in [0.29, 0.717) is 6.04 Å². The summed E-state index contributed by atoms with van der Waals surface area (Å²) in [4.78, 5) is 2.64. The first kappa shape index (κ1) is 10.5. The van der Waals surface area contributed by atoms with Crippen LogP contribution >= 0.6 is 22.9 Å². The zero-order chi connectivity index (χ0) is 10.1. The predicted molar refractivity (Wildman–Crippen MR) is 63.4 cm³/mol. The predicted octanol–water partition coefficient (Wildman–Crippen LogP) is 3.83. The van der Waals surface area contributed by atoms with Crippen molar-refractivity contribution in [2.75, 3.05) is 6.54 Å². The first-order chi connectivity index (χ1) is 6.70. The van der Waals surface area contributed by atoms with Crippen molar-refractivity contribution >= 4 is 22.9 Å². The highest BCUT2D eigenvalue weighted by molar-refractivity contribution is 7.12. The van der Waals surface area contributed by atoms with Gasteiger partial charge in [0.25, 0.3) is 0 Å². The van der Waals surface area contributed by atoms with Gasteiger partial charge < -0.3 is 5.32 Å². The number of nitrogens with one attached hydrogen (secondary N) is 1. The molecule has 1 unspecified atom stereocenters. The third-order valence-electron chi connectivity index (χ3n) is 2.89. The lowest BCUT2D eigenvalue weighted by atomic mass is 9.98. The van der Waals surface area contributed by atoms with Gasteiger partial charge in [-0.2, -0.15) is 0 Å². The van der Waals surface area contributed by atoms with Crippen LogP contribution in [0.2, 0.25) is 5.02 Å². The van der Waals surface area contributed by atoms with Crippen molar-refractivity contribution in [2.45, 2.75) is 39.2 Å². The molecule has 0 aliphatic carbocycles. The second-order valence-electron chi connectivity index (χ2n) is 3.94. The maximum atomic E-state index is 6.32. The largest absolute Gasteiger partial charge is 0.310 e. The minimum absolute atomic E-state index is 0.501. The molecule has 0 saturated carbocycles. The quantitative estimate of drug-likeness (QED) is 0.772. The molecule has 3 heteroatoms. The van der Waals surface area contributed by atoms with Crippen molar-refractivity contribution < 1.29 is 0 Å². The minimum atomic E-state index is 0.501. The van der Waals surface area contributed by atoms with Crippen LogP contribution in [0, 0.1) is 13.8 Å². The van der Waals surface area contributed by atoms with Crippen LogP contribution in [0.1, 0.15) is 40.6 Å². The molecular weight excluding hydrogens is 214 g/mol. The summed E-state index contributed by atoms with van der Waals surface area (Å²) in [6, 6.07) is 0.501. The maximum absolute atomic E-state index is 6.32. The molecule has 0 aromatic carbocycles. The van der Waals surface area contributed by atoms with Crippen LogP contribution in [-0.4, -0.2) is 6.54 Å². The molecule has 1 fully saturated rings. The van der Waals surface area contributed by atoms with E-state index < -0.39 is 0 Å². The fourth-order valence-electron chi connectivity index (χ4n) is 2.17. The zero-order valence-electron chi connectivity index (χ0n) is 8.69. The van der Waals surface area contributed by atoms with Gasteiger partial charge in [0, 0.05) is 21.4 Å². The van der Waals surface area contributed by atoms with Crippen LogP contribution in [0.4, 0.5) is 0 Å². The summed E-state index contributed by atoms with van der Waals surface area (Å²) in [6.45, 7) is 5.41. The molecule has 1 aliphatic heterocycles. The smallest absolute Gasteiger partial charge is 0.0592 e. The van der Waals surface area contributed by atoms with Gasteiger partial charge in [-0.1, -0.05) is 18.0 Å². The lowest BCUT2D eigenvalue weighted by Crippen LogP contribution is -2.27. The molecule has 78 valence electrons. The Kier molecular flexibility index (Phi) is 3.15. The van der Waals surface area contributed by atoms with E-state index in [4.69, 9.17) is 11.6 Å². The Morgan fingerprint density at radius 3 is 2.57 bits per heavy atom. The van der Waals surface area contributed by atoms with Crippen LogP contribution in [0.15, 0.2) is 0 Å². The van der Waals surface area contributed by atoms with Crippen molar-refractivity contribution in [3.63, 3.8) is 0 Å². The molecule has 2 rings (SSSR count). The number of halogens is 1. The monoisotopic (exact) mass is 229 g/mol. The van der Waals surface area contributed by atoms with E-state index in [2.05, 4.69) is 19.2 Å². The third-order valence-corrected chi connectivity index (χ3v) is 4.53. The Labute approximate surface area is 94.5 Å². The summed E-state index contributed by atoms with van der Waals surface area (Å²) in [7, 11) is 0. The summed E-state index contributed by atoms with van der Waals surface area (Å²) < 4.78 is 0. The van der Waals surface area contributed by atoms with Crippen LogP contribution < -0.4 is 5.32 Å². The summed E-state index contributed by atoms with van der Waals surface area (Å²) in [5, 5.41) is 4.55. The first-order valence-corrected chi connectivity index (χ1v) is 6.38. The van der Waals surface area contributed by atoms with Crippen molar-refractivity contribution in [1.82, 2.24) is 5.32 Å². The Morgan fingerprint density at radius 2 is 2.07 bits per heavy atom. The van der Waals surface area contributed by atoms with E-state index in [1.54, 1.807) is 0 Å². The number of rotatable bonds is 1. The molecule has 1 saturated heterocycles. The lowest BCUT2D eigenvalue weighted by Gasteiger charge is -2.24. The molecular formula is C11H16ClNS. The van der Waals surface area contributed by atoms with Crippen molar-refractivity contribution in [2.24, 2.45) is 0 Å². The Balaban J connectivity index is 2.29. The van der Waals surface area contributed by atoms with E-state index in [0.717, 1.165) is 11.6 Å². The molecule has 1 aromatic rings. The Morgan fingerprint density at radius 1 is 1.29 bits per heavy atom. The van der Waals surface area contributed by atoms with Gasteiger partial charge in [-0.25, -0.2) is 0 Å². The molecule has 1 aromatic heterocycles. The van der Waals surface area contributed by atoms with Gasteiger partial charge in [0.05, 0.1) is 5.02 Å². The first-order valence-electron chi connectivity index (χ1n) is 5.19. The lowest BCUT2D eigenvalue weighted by molar-refractivity contribution is 0.412. The molecule has 2 heterocycles. The normalized spacial score (nSPS) is 22.6. The highest BCUT2D eigenvalue weighted by Crippen LogP contribution is 2.38. The molecule has 1 aliphatic rings. The van der Waals surface area contributed by atoms with Gasteiger partial charge in [-0.15, -0.1) is 11.3 Å². The number of hydrogen-bond donors (Lipinski definition) is 1. The number of aryl methyl sites for hydroxylation is 2. The van der Waals surface area contributed by atoms with E-state index in [9.17, 15) is 0 Å². The third kappa shape index (κ3) is 1.83. The molecule has 1 atom stereocenters. The number of piperidine rings is 1. The van der Waals surface area contributed by atoms with E-state index in [1.807, 2.05) is 11.3 Å².